The molecule has 1 N–H and O–H groups in total. The number of hydrogen-bond acceptors (Lipinski definition) is 1. The van der Waals surface area contributed by atoms with E-state index in [0.29, 0.717) is 12.3 Å². The van der Waals surface area contributed by atoms with Gasteiger partial charge in [0, 0.05) is 18.0 Å². The van der Waals surface area contributed by atoms with Crippen LogP contribution in [-0.4, -0.2) is 11.8 Å². The third kappa shape index (κ3) is 4.23. The molecular formula is C13H18ClNO. The maximum atomic E-state index is 11.6. The minimum atomic E-state index is 0.0667. The molecule has 1 amide bonds. The van der Waals surface area contributed by atoms with Gasteiger partial charge < -0.3 is 5.32 Å². The van der Waals surface area contributed by atoms with Gasteiger partial charge >= 0.3 is 0 Å². The molecule has 0 unspecified atom stereocenters. The molecule has 16 heavy (non-hydrogen) atoms. The summed E-state index contributed by atoms with van der Waals surface area (Å²) in [6.45, 7) is 4.04. The molecule has 0 atom stereocenters. The van der Waals surface area contributed by atoms with Crippen molar-refractivity contribution in [3.8, 4) is 0 Å². The van der Waals surface area contributed by atoms with Gasteiger partial charge in [-0.05, 0) is 38.3 Å². The second-order valence-electron chi connectivity index (χ2n) is 4.01. The van der Waals surface area contributed by atoms with E-state index in [1.807, 2.05) is 26.0 Å². The summed E-state index contributed by atoms with van der Waals surface area (Å²) in [4.78, 5) is 11.6. The Bertz CT molecular complexity index is 363. The van der Waals surface area contributed by atoms with Gasteiger partial charge in [0.2, 0.25) is 5.91 Å². The van der Waals surface area contributed by atoms with Crippen LogP contribution in [0.15, 0.2) is 18.2 Å². The van der Waals surface area contributed by atoms with E-state index >= 15 is 0 Å². The van der Waals surface area contributed by atoms with Crippen LogP contribution in [0.4, 0.5) is 5.69 Å². The molecule has 3 heteroatoms. The Hall–Kier alpha value is -1.02. The van der Waals surface area contributed by atoms with E-state index in [4.69, 9.17) is 11.6 Å². The second kappa shape index (κ2) is 6.54. The van der Waals surface area contributed by atoms with Crippen LogP contribution in [0.25, 0.3) is 0 Å². The van der Waals surface area contributed by atoms with Crippen molar-refractivity contribution in [1.29, 1.82) is 0 Å². The third-order valence-corrected chi connectivity index (χ3v) is 2.71. The van der Waals surface area contributed by atoms with Crippen molar-refractivity contribution in [2.45, 2.75) is 33.1 Å². The average molecular weight is 240 g/mol. The standard InChI is InChI=1S/C13H18ClNO/c1-10-6-7-12(11(2)9-10)15-13(16)5-3-4-8-14/h6-7,9H,3-5,8H2,1-2H3,(H,15,16). The quantitative estimate of drug-likeness (QED) is 0.617. The van der Waals surface area contributed by atoms with Crippen LogP contribution < -0.4 is 5.32 Å². The number of halogens is 1. The number of unbranched alkanes of at least 4 members (excludes halogenated alkanes) is 1. The number of rotatable bonds is 5. The molecule has 0 heterocycles. The normalized spacial score (nSPS) is 10.2. The summed E-state index contributed by atoms with van der Waals surface area (Å²) < 4.78 is 0. The van der Waals surface area contributed by atoms with Crippen molar-refractivity contribution in [3.05, 3.63) is 29.3 Å². The molecule has 0 saturated heterocycles. The lowest BCUT2D eigenvalue weighted by atomic mass is 10.1. The molecule has 88 valence electrons. The van der Waals surface area contributed by atoms with Crippen molar-refractivity contribution < 1.29 is 4.79 Å². The number of nitrogens with one attached hydrogen (secondary N) is 1. The Morgan fingerprint density at radius 1 is 1.31 bits per heavy atom. The number of aryl methyl sites for hydroxylation is 2. The summed E-state index contributed by atoms with van der Waals surface area (Å²) in [5.74, 6) is 0.689. The summed E-state index contributed by atoms with van der Waals surface area (Å²) >= 11 is 5.56. The molecule has 1 rings (SSSR count). The third-order valence-electron chi connectivity index (χ3n) is 2.44. The summed E-state index contributed by atoms with van der Waals surface area (Å²) in [7, 11) is 0. The number of alkyl halides is 1. The number of carbonyl (C=O) groups is 1. The monoisotopic (exact) mass is 239 g/mol. The summed E-state index contributed by atoms with van der Waals surface area (Å²) in [6, 6.07) is 6.01. The van der Waals surface area contributed by atoms with Gasteiger partial charge in [0.25, 0.3) is 0 Å². The zero-order valence-electron chi connectivity index (χ0n) is 9.85. The van der Waals surface area contributed by atoms with Gasteiger partial charge in [-0.25, -0.2) is 0 Å². The molecule has 0 aliphatic rings. The molecule has 0 aromatic heterocycles. The first-order valence-corrected chi connectivity index (χ1v) is 6.10. The number of benzene rings is 1. The molecular weight excluding hydrogens is 222 g/mol. The van der Waals surface area contributed by atoms with E-state index in [0.717, 1.165) is 24.1 Å². The van der Waals surface area contributed by atoms with Gasteiger partial charge in [-0.3, -0.25) is 4.79 Å². The minimum absolute atomic E-state index is 0.0667. The predicted molar refractivity (Wildman–Crippen MR) is 69.1 cm³/mol. The Kier molecular flexibility index (Phi) is 5.33. The highest BCUT2D eigenvalue weighted by molar-refractivity contribution is 6.17. The highest BCUT2D eigenvalue weighted by atomic mass is 35.5. The largest absolute Gasteiger partial charge is 0.326 e. The molecule has 0 fully saturated rings. The molecule has 0 aliphatic carbocycles. The van der Waals surface area contributed by atoms with E-state index in [-0.39, 0.29) is 5.91 Å². The Morgan fingerprint density at radius 3 is 2.69 bits per heavy atom. The topological polar surface area (TPSA) is 29.1 Å². The first-order valence-electron chi connectivity index (χ1n) is 5.56. The van der Waals surface area contributed by atoms with Crippen LogP contribution in [0.5, 0.6) is 0 Å². The Labute approximate surface area is 102 Å². The molecule has 0 saturated carbocycles. The lowest BCUT2D eigenvalue weighted by Crippen LogP contribution is -2.12. The zero-order valence-corrected chi connectivity index (χ0v) is 10.6. The van der Waals surface area contributed by atoms with Gasteiger partial charge in [0.15, 0.2) is 0 Å². The Balaban J connectivity index is 2.49. The van der Waals surface area contributed by atoms with E-state index in [1.165, 1.54) is 5.56 Å². The van der Waals surface area contributed by atoms with Crippen LogP contribution >= 0.6 is 11.6 Å². The average Bonchev–Trinajstić information content (AvgIpc) is 2.23. The molecule has 0 radical (unpaired) electrons. The first kappa shape index (κ1) is 13.0. The summed E-state index contributed by atoms with van der Waals surface area (Å²) in [6.07, 6.45) is 2.28. The van der Waals surface area contributed by atoms with Crippen molar-refractivity contribution in [2.24, 2.45) is 0 Å². The molecule has 0 aliphatic heterocycles. The van der Waals surface area contributed by atoms with E-state index in [2.05, 4.69) is 11.4 Å². The highest BCUT2D eigenvalue weighted by Gasteiger charge is 2.04. The molecule has 0 bridgehead atoms. The minimum Gasteiger partial charge on any atom is -0.326 e. The van der Waals surface area contributed by atoms with Crippen molar-refractivity contribution in [3.63, 3.8) is 0 Å². The van der Waals surface area contributed by atoms with E-state index in [9.17, 15) is 4.79 Å². The number of amides is 1. The fraction of sp³-hybridized carbons (Fsp3) is 0.462. The lowest BCUT2D eigenvalue weighted by Gasteiger charge is -2.08. The first-order chi connectivity index (χ1) is 7.63. The fourth-order valence-electron chi connectivity index (χ4n) is 1.55. The molecule has 1 aromatic rings. The summed E-state index contributed by atoms with van der Waals surface area (Å²) in [5, 5.41) is 2.91. The maximum Gasteiger partial charge on any atom is 0.224 e. The van der Waals surface area contributed by atoms with Crippen molar-refractivity contribution in [2.75, 3.05) is 11.2 Å². The predicted octanol–water partition coefficient (Wildman–Crippen LogP) is 3.65. The maximum absolute atomic E-state index is 11.6. The Morgan fingerprint density at radius 2 is 2.06 bits per heavy atom. The number of anilines is 1. The van der Waals surface area contributed by atoms with Crippen LogP contribution in [0, 0.1) is 13.8 Å². The zero-order chi connectivity index (χ0) is 12.0. The number of carbonyl (C=O) groups excluding carboxylic acids is 1. The second-order valence-corrected chi connectivity index (χ2v) is 4.39. The van der Waals surface area contributed by atoms with Crippen LogP contribution in [0.2, 0.25) is 0 Å². The van der Waals surface area contributed by atoms with Crippen LogP contribution in [0.1, 0.15) is 30.4 Å². The van der Waals surface area contributed by atoms with Gasteiger partial charge in [-0.1, -0.05) is 17.7 Å². The fourth-order valence-corrected chi connectivity index (χ4v) is 1.74. The van der Waals surface area contributed by atoms with Crippen LogP contribution in [-0.2, 0) is 4.79 Å². The smallest absolute Gasteiger partial charge is 0.224 e. The van der Waals surface area contributed by atoms with E-state index < -0.39 is 0 Å². The molecule has 0 spiro atoms. The van der Waals surface area contributed by atoms with Crippen molar-refractivity contribution in [1.82, 2.24) is 0 Å². The lowest BCUT2D eigenvalue weighted by molar-refractivity contribution is -0.116. The molecule has 1 aromatic carbocycles. The van der Waals surface area contributed by atoms with Gasteiger partial charge in [-0.2, -0.15) is 0 Å². The van der Waals surface area contributed by atoms with Gasteiger partial charge in [0.05, 0.1) is 0 Å². The number of hydrogen-bond donors (Lipinski definition) is 1. The summed E-state index contributed by atoms with van der Waals surface area (Å²) in [5.41, 5.74) is 3.21. The van der Waals surface area contributed by atoms with Gasteiger partial charge in [0.1, 0.15) is 0 Å². The van der Waals surface area contributed by atoms with Crippen LogP contribution in [0.3, 0.4) is 0 Å². The molecule has 2 nitrogen and oxygen atoms in total. The van der Waals surface area contributed by atoms with E-state index in [1.54, 1.807) is 0 Å². The van der Waals surface area contributed by atoms with Gasteiger partial charge in [-0.15, -0.1) is 11.6 Å². The highest BCUT2D eigenvalue weighted by Crippen LogP contribution is 2.16. The SMILES string of the molecule is Cc1ccc(NC(=O)CCCCCl)c(C)c1. The van der Waals surface area contributed by atoms with Crippen molar-refractivity contribution >= 4 is 23.2 Å².